The second-order valence-electron chi connectivity index (χ2n) is 3.29. The number of ether oxygens (including phenoxy) is 1. The fraction of sp³-hybridized carbons (Fsp3) is 0.750. The minimum atomic E-state index is -3.50. The molecule has 0 amide bonds. The van der Waals surface area contributed by atoms with Gasteiger partial charge in [0, 0.05) is 12.8 Å². The molecule has 1 saturated carbocycles. The van der Waals surface area contributed by atoms with Crippen molar-refractivity contribution in [3.05, 3.63) is 0 Å². The van der Waals surface area contributed by atoms with Gasteiger partial charge in [-0.2, -0.15) is 0 Å². The van der Waals surface area contributed by atoms with Gasteiger partial charge in [0.15, 0.2) is 9.84 Å². The molecule has 1 fully saturated rings. The summed E-state index contributed by atoms with van der Waals surface area (Å²) in [4.78, 5) is 21.7. The summed E-state index contributed by atoms with van der Waals surface area (Å²) in [6.07, 6.45) is 0.669. The molecule has 0 spiro atoms. The molecule has 1 atom stereocenters. The van der Waals surface area contributed by atoms with Gasteiger partial charge in [0.1, 0.15) is 11.5 Å². The molecule has 80 valence electrons. The van der Waals surface area contributed by atoms with Gasteiger partial charge in [0.05, 0.1) is 12.4 Å². The predicted octanol–water partition coefficient (Wildman–Crippen LogP) is -0.304. The van der Waals surface area contributed by atoms with E-state index in [1.54, 1.807) is 0 Å². The van der Waals surface area contributed by atoms with Crippen molar-refractivity contribution in [3.63, 3.8) is 0 Å². The largest absolute Gasteiger partial charge is 0.468 e. The lowest BCUT2D eigenvalue weighted by molar-refractivity contribution is -0.137. The average Bonchev–Trinajstić information content (AvgIpc) is 2.51. The lowest BCUT2D eigenvalue weighted by atomic mass is 10.4. The highest BCUT2D eigenvalue weighted by Crippen LogP contribution is 2.22. The summed E-state index contributed by atoms with van der Waals surface area (Å²) < 4.78 is 27.3. The predicted molar refractivity (Wildman–Crippen MR) is 48.4 cm³/mol. The monoisotopic (exact) mass is 220 g/mol. The molecule has 0 saturated heterocycles. The molecule has 0 bridgehead atoms. The number of ketones is 1. The molecule has 0 aromatic heterocycles. The first-order valence-electron chi connectivity index (χ1n) is 4.26. The SMILES string of the molecule is COC(=O)CS(=O)(=O)C1CCC(=O)C1. The van der Waals surface area contributed by atoms with Gasteiger partial charge in [-0.3, -0.25) is 9.59 Å². The molecule has 1 aliphatic rings. The first kappa shape index (κ1) is 11.2. The van der Waals surface area contributed by atoms with Crippen LogP contribution < -0.4 is 0 Å². The first-order chi connectivity index (χ1) is 6.45. The standard InChI is InChI=1S/C8H12O5S/c1-13-8(10)5-14(11,12)7-3-2-6(9)4-7/h7H,2-5H2,1H3. The van der Waals surface area contributed by atoms with Crippen LogP contribution in [0.4, 0.5) is 0 Å². The summed E-state index contributed by atoms with van der Waals surface area (Å²) >= 11 is 0. The second kappa shape index (κ2) is 4.08. The maximum atomic E-state index is 11.5. The Morgan fingerprint density at radius 1 is 1.57 bits per heavy atom. The van der Waals surface area contributed by atoms with E-state index < -0.39 is 26.8 Å². The lowest BCUT2D eigenvalue weighted by Gasteiger charge is -2.08. The molecule has 0 heterocycles. The number of hydrogen-bond donors (Lipinski definition) is 0. The number of esters is 1. The van der Waals surface area contributed by atoms with Gasteiger partial charge in [-0.15, -0.1) is 0 Å². The van der Waals surface area contributed by atoms with Crippen molar-refractivity contribution in [2.45, 2.75) is 24.5 Å². The molecule has 0 radical (unpaired) electrons. The summed E-state index contributed by atoms with van der Waals surface area (Å²) in [5.41, 5.74) is 0. The maximum absolute atomic E-state index is 11.5. The van der Waals surface area contributed by atoms with Gasteiger partial charge in [-0.05, 0) is 6.42 Å². The fourth-order valence-corrected chi connectivity index (χ4v) is 3.03. The lowest BCUT2D eigenvalue weighted by Crippen LogP contribution is -2.26. The first-order valence-corrected chi connectivity index (χ1v) is 5.97. The molecule has 14 heavy (non-hydrogen) atoms. The Bertz CT molecular complexity index is 343. The number of Topliss-reactive ketones (excluding diaryl/α,β-unsaturated/α-hetero) is 1. The summed E-state index contributed by atoms with van der Waals surface area (Å²) in [7, 11) is -2.36. The highest BCUT2D eigenvalue weighted by Gasteiger charge is 2.34. The van der Waals surface area contributed by atoms with E-state index in [9.17, 15) is 18.0 Å². The number of hydrogen-bond acceptors (Lipinski definition) is 5. The zero-order valence-corrected chi connectivity index (χ0v) is 8.67. The fourth-order valence-electron chi connectivity index (χ4n) is 1.43. The van der Waals surface area contributed by atoms with E-state index >= 15 is 0 Å². The van der Waals surface area contributed by atoms with Gasteiger partial charge in [0.2, 0.25) is 0 Å². The Balaban J connectivity index is 2.66. The van der Waals surface area contributed by atoms with Gasteiger partial charge in [-0.25, -0.2) is 8.42 Å². The van der Waals surface area contributed by atoms with Crippen LogP contribution in [-0.4, -0.2) is 38.3 Å². The Labute approximate surface area is 82.4 Å². The third-order valence-electron chi connectivity index (χ3n) is 2.26. The summed E-state index contributed by atoms with van der Waals surface area (Å²) in [5, 5.41) is -0.686. The summed E-state index contributed by atoms with van der Waals surface area (Å²) in [6.45, 7) is 0. The van der Waals surface area contributed by atoms with Gasteiger partial charge < -0.3 is 4.74 Å². The molecular weight excluding hydrogens is 208 g/mol. The molecule has 1 rings (SSSR count). The number of carbonyl (C=O) groups is 2. The van der Waals surface area contributed by atoms with Crippen LogP contribution in [0.2, 0.25) is 0 Å². The smallest absolute Gasteiger partial charge is 0.320 e. The highest BCUT2D eigenvalue weighted by atomic mass is 32.2. The Hall–Kier alpha value is -0.910. The van der Waals surface area contributed by atoms with Crippen LogP contribution in [-0.2, 0) is 24.2 Å². The maximum Gasteiger partial charge on any atom is 0.320 e. The number of sulfone groups is 1. The quantitative estimate of drug-likeness (QED) is 0.610. The van der Waals surface area contributed by atoms with Crippen molar-refractivity contribution in [1.82, 2.24) is 0 Å². The van der Waals surface area contributed by atoms with E-state index in [0.717, 1.165) is 7.11 Å². The van der Waals surface area contributed by atoms with E-state index in [1.807, 2.05) is 0 Å². The van der Waals surface area contributed by atoms with Crippen molar-refractivity contribution in [2.75, 3.05) is 12.9 Å². The zero-order valence-electron chi connectivity index (χ0n) is 7.86. The minimum Gasteiger partial charge on any atom is -0.468 e. The normalized spacial score (nSPS) is 22.4. The summed E-state index contributed by atoms with van der Waals surface area (Å²) in [6, 6.07) is 0. The van der Waals surface area contributed by atoms with Crippen LogP contribution in [0.1, 0.15) is 19.3 Å². The van der Waals surface area contributed by atoms with Crippen LogP contribution in [0.15, 0.2) is 0 Å². The van der Waals surface area contributed by atoms with Gasteiger partial charge >= 0.3 is 5.97 Å². The third kappa shape index (κ3) is 2.54. The molecule has 0 N–H and O–H groups in total. The molecule has 0 aliphatic heterocycles. The molecule has 1 aliphatic carbocycles. The van der Waals surface area contributed by atoms with Crippen molar-refractivity contribution >= 4 is 21.6 Å². The molecule has 5 nitrogen and oxygen atoms in total. The number of methoxy groups -OCH3 is 1. The van der Waals surface area contributed by atoms with Crippen molar-refractivity contribution < 1.29 is 22.7 Å². The van der Waals surface area contributed by atoms with Crippen molar-refractivity contribution in [2.24, 2.45) is 0 Å². The Kier molecular flexibility index (Phi) is 3.25. The zero-order chi connectivity index (χ0) is 10.8. The van der Waals surface area contributed by atoms with E-state index in [-0.39, 0.29) is 12.2 Å². The molecule has 0 aromatic carbocycles. The molecule has 0 aromatic rings. The Morgan fingerprint density at radius 2 is 2.21 bits per heavy atom. The minimum absolute atomic E-state index is 0.0410. The second-order valence-corrected chi connectivity index (χ2v) is 5.57. The van der Waals surface area contributed by atoms with E-state index in [2.05, 4.69) is 4.74 Å². The van der Waals surface area contributed by atoms with E-state index in [1.165, 1.54) is 0 Å². The molecule has 1 unspecified atom stereocenters. The van der Waals surface area contributed by atoms with E-state index in [4.69, 9.17) is 0 Å². The van der Waals surface area contributed by atoms with Crippen molar-refractivity contribution in [3.8, 4) is 0 Å². The Morgan fingerprint density at radius 3 is 2.64 bits per heavy atom. The van der Waals surface area contributed by atoms with Crippen LogP contribution in [0, 0.1) is 0 Å². The molecule has 6 heteroatoms. The topological polar surface area (TPSA) is 77.5 Å². The third-order valence-corrected chi connectivity index (χ3v) is 4.31. The van der Waals surface area contributed by atoms with Crippen LogP contribution in [0.3, 0.4) is 0 Å². The highest BCUT2D eigenvalue weighted by molar-refractivity contribution is 7.92. The molecular formula is C8H12O5S. The van der Waals surface area contributed by atoms with Gasteiger partial charge in [0.25, 0.3) is 0 Å². The average molecular weight is 220 g/mol. The van der Waals surface area contributed by atoms with Crippen LogP contribution >= 0.6 is 0 Å². The van der Waals surface area contributed by atoms with E-state index in [0.29, 0.717) is 12.8 Å². The van der Waals surface area contributed by atoms with Gasteiger partial charge in [-0.1, -0.05) is 0 Å². The van der Waals surface area contributed by atoms with Crippen LogP contribution in [0.25, 0.3) is 0 Å². The number of rotatable bonds is 3. The summed E-state index contributed by atoms with van der Waals surface area (Å²) in [5.74, 6) is -1.45. The van der Waals surface area contributed by atoms with Crippen LogP contribution in [0.5, 0.6) is 0 Å². The number of carbonyl (C=O) groups excluding carboxylic acids is 2. The van der Waals surface area contributed by atoms with Crippen molar-refractivity contribution in [1.29, 1.82) is 0 Å².